The van der Waals surface area contributed by atoms with Crippen LogP contribution in [0.4, 0.5) is 0 Å². The summed E-state index contributed by atoms with van der Waals surface area (Å²) in [6.45, 7) is 0. The van der Waals surface area contributed by atoms with E-state index in [0.717, 1.165) is 17.5 Å². The number of rotatable bonds is 3. The first-order valence-electron chi connectivity index (χ1n) is 5.64. The van der Waals surface area contributed by atoms with Gasteiger partial charge < -0.3 is 5.73 Å². The molecule has 0 aliphatic heterocycles. The molecule has 0 bridgehead atoms. The molecule has 0 heterocycles. The van der Waals surface area contributed by atoms with Gasteiger partial charge in [0.2, 0.25) is 0 Å². The first kappa shape index (κ1) is 14.5. The summed E-state index contributed by atoms with van der Waals surface area (Å²) in [5, 5.41) is 7.52. The van der Waals surface area contributed by atoms with Gasteiger partial charge in [0, 0.05) is 5.56 Å². The van der Waals surface area contributed by atoms with Gasteiger partial charge in [0.15, 0.2) is 0 Å². The number of nitrogens with one attached hydrogen (secondary N) is 1. The molecule has 0 amide bonds. The summed E-state index contributed by atoms with van der Waals surface area (Å²) in [4.78, 5) is 0. The Bertz CT molecular complexity index is 495. The van der Waals surface area contributed by atoms with Crippen molar-refractivity contribution in [3.63, 3.8) is 0 Å². The molecule has 0 aromatic heterocycles. The van der Waals surface area contributed by atoms with Gasteiger partial charge in [-0.25, -0.2) is 0 Å². The minimum atomic E-state index is 0.131. The van der Waals surface area contributed by atoms with E-state index in [2.05, 4.69) is 28.1 Å². The molecule has 2 aromatic rings. The fourth-order valence-corrected chi connectivity index (χ4v) is 1.75. The van der Waals surface area contributed by atoms with E-state index in [4.69, 9.17) is 11.1 Å². The van der Waals surface area contributed by atoms with Gasteiger partial charge in [0.05, 0.1) is 0 Å². The number of nitrogen functional groups attached to an aromatic ring is 1. The normalized spacial score (nSPS) is 9.22. The van der Waals surface area contributed by atoms with Crippen LogP contribution in [0.2, 0.25) is 5.82 Å². The number of benzene rings is 2. The minimum Gasteiger partial charge on any atom is -0.384 e. The van der Waals surface area contributed by atoms with Gasteiger partial charge in [-0.05, 0) is 17.5 Å². The Morgan fingerprint density at radius 1 is 1.00 bits per heavy atom. The van der Waals surface area contributed by atoms with Crippen LogP contribution < -0.4 is 5.73 Å². The van der Waals surface area contributed by atoms with Gasteiger partial charge in [-0.1, -0.05) is 54.6 Å². The zero-order chi connectivity index (χ0) is 13.4. The average Bonchev–Trinajstić information content (AvgIpc) is 2.42. The largest absolute Gasteiger partial charge is 0.384 e. The Labute approximate surface area is 117 Å². The first-order valence-corrected chi connectivity index (χ1v) is 7.36. The molecule has 0 aliphatic carbocycles. The molecule has 0 atom stereocenters. The van der Waals surface area contributed by atoms with E-state index in [-0.39, 0.29) is 5.84 Å². The zero-order valence-corrected chi connectivity index (χ0v) is 12.1. The zero-order valence-electron chi connectivity index (χ0n) is 10.4. The quantitative estimate of drug-likeness (QED) is 0.511. The number of amidine groups is 1. The molecule has 3 heteroatoms. The number of hydrogen-bond acceptors (Lipinski definition) is 1. The Morgan fingerprint density at radius 3 is 2.17 bits per heavy atom. The van der Waals surface area contributed by atoms with Gasteiger partial charge in [-0.3, -0.25) is 5.41 Å². The summed E-state index contributed by atoms with van der Waals surface area (Å²) in [6.07, 6.45) is 0.816. The molecule has 0 unspecified atom stereocenters. The molecule has 18 heavy (non-hydrogen) atoms. The Hall–Kier alpha value is -1.57. The summed E-state index contributed by atoms with van der Waals surface area (Å²) in [7, 11) is 0. The molecular formula is C15H17N2Se. The predicted molar refractivity (Wildman–Crippen MR) is 78.3 cm³/mol. The van der Waals surface area contributed by atoms with E-state index in [0.29, 0.717) is 0 Å². The maximum absolute atomic E-state index is 7.52. The Balaban J connectivity index is 0.000000771. The van der Waals surface area contributed by atoms with Crippen LogP contribution in [0.5, 0.6) is 0 Å². The predicted octanol–water partition coefficient (Wildman–Crippen LogP) is 2.76. The van der Waals surface area contributed by atoms with Gasteiger partial charge in [-0.2, -0.15) is 0 Å². The van der Waals surface area contributed by atoms with E-state index in [1.807, 2.05) is 48.3 Å². The van der Waals surface area contributed by atoms with Crippen LogP contribution in [0.15, 0.2) is 54.6 Å². The molecule has 3 N–H and O–H groups in total. The maximum atomic E-state index is 7.52. The van der Waals surface area contributed by atoms with Crippen molar-refractivity contribution in [3.8, 4) is 0 Å². The van der Waals surface area contributed by atoms with Crippen molar-refractivity contribution < 1.29 is 0 Å². The van der Waals surface area contributed by atoms with Crippen LogP contribution in [0, 0.1) is 5.41 Å². The third-order valence-electron chi connectivity index (χ3n) is 2.54. The Morgan fingerprint density at radius 2 is 1.56 bits per heavy atom. The minimum absolute atomic E-state index is 0.131. The molecule has 0 saturated heterocycles. The number of nitrogens with two attached hydrogens (primary N) is 1. The van der Waals surface area contributed by atoms with E-state index in [1.165, 1.54) is 5.56 Å². The smallest absolute Gasteiger partial charge is 0.123 e. The molecular weight excluding hydrogens is 287 g/mol. The second-order valence-electron chi connectivity index (χ2n) is 3.73. The fourth-order valence-electron chi connectivity index (χ4n) is 1.75. The van der Waals surface area contributed by atoms with Gasteiger partial charge in [0.25, 0.3) is 0 Å². The standard InChI is InChI=1S/C14H14N2.CH3Se/c15-14(16)13-9-5-4-8-12(13)10-11-6-2-1-3-7-11;1-2/h1-9H,10H2,(H3,15,16);1H3. The van der Waals surface area contributed by atoms with Gasteiger partial charge >= 0.3 is 21.8 Å². The second kappa shape index (κ2) is 7.70. The molecule has 2 nitrogen and oxygen atoms in total. The van der Waals surface area contributed by atoms with E-state index in [9.17, 15) is 0 Å². The summed E-state index contributed by atoms with van der Waals surface area (Å²) in [5.41, 5.74) is 8.71. The van der Waals surface area contributed by atoms with Crippen LogP contribution in [0.25, 0.3) is 0 Å². The summed E-state index contributed by atoms with van der Waals surface area (Å²) >= 11 is 2.62. The SMILES string of the molecule is C[Se].N=C(N)c1ccccc1Cc1ccccc1. The van der Waals surface area contributed by atoms with Crippen molar-refractivity contribution in [1.29, 1.82) is 5.41 Å². The van der Waals surface area contributed by atoms with Crippen molar-refractivity contribution in [2.24, 2.45) is 5.73 Å². The van der Waals surface area contributed by atoms with Crippen LogP contribution >= 0.6 is 0 Å². The molecule has 0 saturated carbocycles. The average molecular weight is 304 g/mol. The first-order chi connectivity index (χ1) is 8.77. The number of hydrogen-bond donors (Lipinski definition) is 2. The fraction of sp³-hybridized carbons (Fsp3) is 0.133. The maximum Gasteiger partial charge on any atom is 0.123 e. The monoisotopic (exact) mass is 305 g/mol. The molecule has 2 aromatic carbocycles. The summed E-state index contributed by atoms with van der Waals surface area (Å²) in [6, 6.07) is 18.0. The molecule has 0 spiro atoms. The third kappa shape index (κ3) is 4.02. The molecule has 2 rings (SSSR count). The summed E-state index contributed by atoms with van der Waals surface area (Å²) < 4.78 is 0. The van der Waals surface area contributed by atoms with Crippen LogP contribution in [-0.4, -0.2) is 21.8 Å². The molecule has 1 radical (unpaired) electrons. The van der Waals surface area contributed by atoms with E-state index >= 15 is 0 Å². The molecule has 93 valence electrons. The van der Waals surface area contributed by atoms with Crippen molar-refractivity contribution >= 4 is 21.8 Å². The van der Waals surface area contributed by atoms with Crippen LogP contribution in [-0.2, 0) is 6.42 Å². The van der Waals surface area contributed by atoms with Crippen molar-refractivity contribution in [1.82, 2.24) is 0 Å². The van der Waals surface area contributed by atoms with Crippen molar-refractivity contribution in [2.75, 3.05) is 0 Å². The summed E-state index contributed by atoms with van der Waals surface area (Å²) in [5.74, 6) is 2.01. The molecule has 0 aliphatic rings. The van der Waals surface area contributed by atoms with E-state index in [1.54, 1.807) is 0 Å². The van der Waals surface area contributed by atoms with Crippen molar-refractivity contribution in [3.05, 3.63) is 71.3 Å². The van der Waals surface area contributed by atoms with Gasteiger partial charge in [-0.15, -0.1) is 0 Å². The van der Waals surface area contributed by atoms with Crippen LogP contribution in [0.1, 0.15) is 16.7 Å². The molecule has 0 fully saturated rings. The topological polar surface area (TPSA) is 49.9 Å². The third-order valence-corrected chi connectivity index (χ3v) is 2.54. The second-order valence-corrected chi connectivity index (χ2v) is 3.73. The van der Waals surface area contributed by atoms with Crippen LogP contribution in [0.3, 0.4) is 0 Å². The Kier molecular flexibility index (Phi) is 6.20. The van der Waals surface area contributed by atoms with Gasteiger partial charge in [0.1, 0.15) is 5.84 Å². The van der Waals surface area contributed by atoms with E-state index < -0.39 is 0 Å². The van der Waals surface area contributed by atoms with Crippen molar-refractivity contribution in [2.45, 2.75) is 12.2 Å².